The van der Waals surface area contributed by atoms with Crippen molar-refractivity contribution in [2.24, 2.45) is 0 Å². The van der Waals surface area contributed by atoms with Gasteiger partial charge in [-0.1, -0.05) is 30.3 Å². The minimum Gasteiger partial charge on any atom is -0.310 e. The summed E-state index contributed by atoms with van der Waals surface area (Å²) >= 11 is 0.851. The lowest BCUT2D eigenvalue weighted by atomic mass is 10.2. The molecule has 0 saturated carbocycles. The molecule has 0 aromatic heterocycles. The van der Waals surface area contributed by atoms with Gasteiger partial charge in [-0.05, 0) is 18.1 Å². The lowest BCUT2D eigenvalue weighted by molar-refractivity contribution is -0.396. The Morgan fingerprint density at radius 3 is 2.36 bits per heavy atom. The van der Waals surface area contributed by atoms with Crippen molar-refractivity contribution in [3.05, 3.63) is 74.3 Å². The Morgan fingerprint density at radius 1 is 1.00 bits per heavy atom. The van der Waals surface area contributed by atoms with E-state index < -0.39 is 9.85 Å². The molecule has 0 amide bonds. The topological polar surface area (TPSA) is 95.5 Å². The Labute approximate surface area is 130 Å². The second-order valence-corrected chi connectivity index (χ2v) is 5.15. The van der Waals surface area contributed by atoms with Crippen LogP contribution in [0.2, 0.25) is 0 Å². The molecule has 0 unspecified atom stereocenters. The fraction of sp³-hybridized carbons (Fsp3) is 0.143. The molecule has 0 aliphatic rings. The van der Waals surface area contributed by atoms with Crippen LogP contribution >= 0.6 is 12.0 Å². The minimum atomic E-state index is -0.669. The highest BCUT2D eigenvalue weighted by molar-refractivity contribution is 7.94. The Bertz CT molecular complexity index is 678. The molecule has 0 aliphatic heterocycles. The molecule has 0 bridgehead atoms. The number of non-ortho nitro benzene ring substituents is 1. The molecule has 0 spiro atoms. The minimum absolute atomic E-state index is 0.240. The zero-order valence-electron chi connectivity index (χ0n) is 11.4. The quantitative estimate of drug-likeness (QED) is 0.333. The predicted molar refractivity (Wildman–Crippen MR) is 81.7 cm³/mol. The van der Waals surface area contributed by atoms with Crippen molar-refractivity contribution in [1.29, 1.82) is 0 Å². The van der Waals surface area contributed by atoms with Gasteiger partial charge >= 0.3 is 0 Å². The molecule has 0 atom stereocenters. The molecule has 2 rings (SSSR count). The van der Waals surface area contributed by atoms with Crippen LogP contribution in [-0.2, 0) is 10.6 Å². The Balaban J connectivity index is 1.97. The SMILES string of the molecule is O=[N+]([O-])c1ccc(SOCCc2ccccc2)c([N+](=O)[O-])c1. The maximum absolute atomic E-state index is 11.0. The molecule has 2 aromatic rings. The molecule has 22 heavy (non-hydrogen) atoms. The number of nitro benzene ring substituents is 2. The second-order valence-electron chi connectivity index (χ2n) is 4.31. The lowest BCUT2D eigenvalue weighted by Gasteiger charge is -2.04. The average Bonchev–Trinajstić information content (AvgIpc) is 2.52. The highest BCUT2D eigenvalue weighted by Gasteiger charge is 2.20. The number of nitro groups is 2. The summed E-state index contributed by atoms with van der Waals surface area (Å²) in [7, 11) is 0. The standard InChI is InChI=1S/C14H12N2O5S/c17-15(18)12-6-7-14(13(10-12)16(19)20)22-21-9-8-11-4-2-1-3-5-11/h1-7,10H,8-9H2. The third-order valence-electron chi connectivity index (χ3n) is 2.82. The Morgan fingerprint density at radius 2 is 1.73 bits per heavy atom. The third kappa shape index (κ3) is 4.27. The zero-order valence-corrected chi connectivity index (χ0v) is 12.2. The summed E-state index contributed by atoms with van der Waals surface area (Å²) < 4.78 is 5.36. The van der Waals surface area contributed by atoms with E-state index in [1.807, 2.05) is 30.3 Å². The summed E-state index contributed by atoms with van der Waals surface area (Å²) in [4.78, 5) is 20.5. The molecule has 8 heteroatoms. The van der Waals surface area contributed by atoms with E-state index in [2.05, 4.69) is 0 Å². The summed E-state index contributed by atoms with van der Waals surface area (Å²) in [6.45, 7) is 0.378. The smallest absolute Gasteiger partial charge is 0.292 e. The van der Waals surface area contributed by atoms with Crippen LogP contribution in [-0.4, -0.2) is 16.5 Å². The summed E-state index contributed by atoms with van der Waals surface area (Å²) in [6.07, 6.45) is 0.675. The number of nitrogens with zero attached hydrogens (tertiary/aromatic N) is 2. The number of hydrogen-bond donors (Lipinski definition) is 0. The van der Waals surface area contributed by atoms with Gasteiger partial charge in [0.15, 0.2) is 0 Å². The van der Waals surface area contributed by atoms with Gasteiger partial charge in [0.1, 0.15) is 4.90 Å². The molecular formula is C14H12N2O5S. The number of rotatable bonds is 7. The highest BCUT2D eigenvalue weighted by atomic mass is 32.2. The van der Waals surface area contributed by atoms with Crippen LogP contribution in [0.1, 0.15) is 5.56 Å². The first kappa shape index (κ1) is 15.9. The first-order valence-corrected chi connectivity index (χ1v) is 7.08. The Kier molecular flexibility index (Phi) is 5.45. The molecule has 0 radical (unpaired) electrons. The fourth-order valence-electron chi connectivity index (χ4n) is 1.74. The van der Waals surface area contributed by atoms with Gasteiger partial charge in [0.2, 0.25) is 0 Å². The average molecular weight is 320 g/mol. The van der Waals surface area contributed by atoms with Gasteiger partial charge in [-0.25, -0.2) is 0 Å². The molecule has 2 aromatic carbocycles. The van der Waals surface area contributed by atoms with E-state index in [1.54, 1.807) is 0 Å². The van der Waals surface area contributed by atoms with Crippen molar-refractivity contribution >= 4 is 23.4 Å². The molecule has 0 fully saturated rings. The van der Waals surface area contributed by atoms with E-state index >= 15 is 0 Å². The van der Waals surface area contributed by atoms with Crippen molar-refractivity contribution < 1.29 is 14.0 Å². The van der Waals surface area contributed by atoms with Gasteiger partial charge in [-0.15, -0.1) is 0 Å². The molecular weight excluding hydrogens is 308 g/mol. The van der Waals surface area contributed by atoms with E-state index in [0.717, 1.165) is 23.7 Å². The molecule has 7 nitrogen and oxygen atoms in total. The lowest BCUT2D eigenvalue weighted by Crippen LogP contribution is -1.96. The normalized spacial score (nSPS) is 10.4. The van der Waals surface area contributed by atoms with E-state index in [0.29, 0.717) is 13.0 Å². The van der Waals surface area contributed by atoms with E-state index in [4.69, 9.17) is 4.18 Å². The highest BCUT2D eigenvalue weighted by Crippen LogP contribution is 2.32. The van der Waals surface area contributed by atoms with Crippen LogP contribution in [0.4, 0.5) is 11.4 Å². The van der Waals surface area contributed by atoms with Crippen LogP contribution in [0.25, 0.3) is 0 Å². The largest absolute Gasteiger partial charge is 0.310 e. The van der Waals surface area contributed by atoms with Crippen molar-refractivity contribution in [1.82, 2.24) is 0 Å². The van der Waals surface area contributed by atoms with Gasteiger partial charge in [0.05, 0.1) is 22.5 Å². The summed E-state index contributed by atoms with van der Waals surface area (Å²) in [6, 6.07) is 13.2. The molecule has 0 heterocycles. The molecule has 0 N–H and O–H groups in total. The van der Waals surface area contributed by atoms with Crippen molar-refractivity contribution in [2.45, 2.75) is 11.3 Å². The van der Waals surface area contributed by atoms with Crippen molar-refractivity contribution in [2.75, 3.05) is 6.61 Å². The molecule has 0 saturated heterocycles. The van der Waals surface area contributed by atoms with E-state index in [1.165, 1.54) is 12.1 Å². The first-order valence-electron chi connectivity index (χ1n) is 6.34. The van der Waals surface area contributed by atoms with Crippen LogP contribution < -0.4 is 0 Å². The van der Waals surface area contributed by atoms with Gasteiger partial charge in [-0.2, -0.15) is 0 Å². The monoisotopic (exact) mass is 320 g/mol. The maximum Gasteiger partial charge on any atom is 0.292 e. The van der Waals surface area contributed by atoms with Gasteiger partial charge < -0.3 is 4.18 Å². The van der Waals surface area contributed by atoms with Crippen LogP contribution in [0.15, 0.2) is 53.4 Å². The van der Waals surface area contributed by atoms with Crippen LogP contribution in [0.5, 0.6) is 0 Å². The fourth-order valence-corrected chi connectivity index (χ4v) is 2.38. The van der Waals surface area contributed by atoms with E-state index in [9.17, 15) is 20.2 Å². The third-order valence-corrected chi connectivity index (χ3v) is 3.62. The number of benzene rings is 2. The van der Waals surface area contributed by atoms with Crippen molar-refractivity contribution in [3.8, 4) is 0 Å². The van der Waals surface area contributed by atoms with Gasteiger partial charge in [-0.3, -0.25) is 20.2 Å². The number of hydrogen-bond acceptors (Lipinski definition) is 6. The van der Waals surface area contributed by atoms with Gasteiger partial charge in [0, 0.05) is 18.1 Å². The summed E-state index contributed by atoms with van der Waals surface area (Å²) in [5, 5.41) is 21.6. The van der Waals surface area contributed by atoms with E-state index in [-0.39, 0.29) is 16.3 Å². The Hall–Kier alpha value is -2.45. The maximum atomic E-state index is 11.0. The van der Waals surface area contributed by atoms with Crippen molar-refractivity contribution in [3.63, 3.8) is 0 Å². The summed E-state index contributed by atoms with van der Waals surface area (Å²) in [5.74, 6) is 0. The molecule has 0 aliphatic carbocycles. The first-order chi connectivity index (χ1) is 10.6. The zero-order chi connectivity index (χ0) is 15.9. The van der Waals surface area contributed by atoms with Crippen LogP contribution in [0.3, 0.4) is 0 Å². The predicted octanol–water partition coefficient (Wildman–Crippen LogP) is 3.77. The van der Waals surface area contributed by atoms with Crippen LogP contribution in [0, 0.1) is 20.2 Å². The summed E-state index contributed by atoms with van der Waals surface area (Å²) in [5.41, 5.74) is 0.445. The second kappa shape index (κ2) is 7.53. The van der Waals surface area contributed by atoms with Gasteiger partial charge in [0.25, 0.3) is 11.4 Å². The molecule has 114 valence electrons.